The van der Waals surface area contributed by atoms with Crippen LogP contribution in [0.3, 0.4) is 0 Å². The molecule has 0 aliphatic carbocycles. The Kier molecular flexibility index (Phi) is 7.55. The highest BCUT2D eigenvalue weighted by Crippen LogP contribution is 2.26. The number of ether oxygens (including phenoxy) is 1. The second-order valence-electron chi connectivity index (χ2n) is 6.95. The minimum absolute atomic E-state index is 0.0694. The van der Waals surface area contributed by atoms with Crippen LogP contribution in [0, 0.1) is 13.8 Å². The molecular weight excluding hydrogens is 464 g/mol. The van der Waals surface area contributed by atoms with Crippen LogP contribution in [0.25, 0.3) is 0 Å². The molecule has 0 saturated carbocycles. The molecule has 1 N–H and O–H groups in total. The molecule has 0 aliphatic heterocycles. The number of aromatic nitrogens is 3. The summed E-state index contributed by atoms with van der Waals surface area (Å²) in [6.07, 6.45) is -0.267. The lowest BCUT2D eigenvalue weighted by Gasteiger charge is -2.15. The second-order valence-corrected chi connectivity index (χ2v) is 8.81. The van der Waals surface area contributed by atoms with Crippen LogP contribution >= 0.6 is 27.7 Å². The SMILES string of the molecule is CCn1c(SCC(=O)Nc2cc(C)ccc2C)nnc1C(C)Oc1ccc(Br)cc1. The smallest absolute Gasteiger partial charge is 0.234 e. The second kappa shape index (κ2) is 10.1. The van der Waals surface area contributed by atoms with Crippen LogP contribution in [0.15, 0.2) is 52.1 Å². The van der Waals surface area contributed by atoms with E-state index in [2.05, 4.69) is 31.4 Å². The van der Waals surface area contributed by atoms with E-state index in [1.807, 2.05) is 74.7 Å². The predicted octanol–water partition coefficient (Wildman–Crippen LogP) is 5.55. The largest absolute Gasteiger partial charge is 0.483 e. The molecule has 0 spiro atoms. The normalized spacial score (nSPS) is 11.9. The van der Waals surface area contributed by atoms with Gasteiger partial charge in [0.1, 0.15) is 5.75 Å². The molecule has 3 rings (SSSR count). The zero-order valence-electron chi connectivity index (χ0n) is 17.5. The molecule has 2 aromatic carbocycles. The molecule has 0 fully saturated rings. The number of anilines is 1. The molecule has 1 unspecified atom stereocenters. The number of hydrogen-bond acceptors (Lipinski definition) is 5. The number of carbonyl (C=O) groups excluding carboxylic acids is 1. The first kappa shape index (κ1) is 22.4. The van der Waals surface area contributed by atoms with Crippen molar-refractivity contribution in [3.8, 4) is 5.75 Å². The highest BCUT2D eigenvalue weighted by Gasteiger charge is 2.19. The Balaban J connectivity index is 1.64. The summed E-state index contributed by atoms with van der Waals surface area (Å²) >= 11 is 4.79. The lowest BCUT2D eigenvalue weighted by molar-refractivity contribution is -0.113. The molecule has 1 aromatic heterocycles. The number of rotatable bonds is 8. The highest BCUT2D eigenvalue weighted by atomic mass is 79.9. The molecule has 0 bridgehead atoms. The van der Waals surface area contributed by atoms with E-state index >= 15 is 0 Å². The molecule has 1 heterocycles. The first-order valence-electron chi connectivity index (χ1n) is 9.72. The van der Waals surface area contributed by atoms with Crippen LogP contribution in [0.5, 0.6) is 5.75 Å². The predicted molar refractivity (Wildman–Crippen MR) is 124 cm³/mol. The Hall–Kier alpha value is -2.32. The molecular formula is C22H25BrN4O2S. The molecule has 0 radical (unpaired) electrons. The Morgan fingerprint density at radius 1 is 1.20 bits per heavy atom. The summed E-state index contributed by atoms with van der Waals surface area (Å²) < 4.78 is 8.99. The van der Waals surface area contributed by atoms with Crippen molar-refractivity contribution in [1.82, 2.24) is 14.8 Å². The van der Waals surface area contributed by atoms with E-state index in [1.165, 1.54) is 11.8 Å². The Morgan fingerprint density at radius 2 is 1.93 bits per heavy atom. The van der Waals surface area contributed by atoms with Crippen molar-refractivity contribution in [2.45, 2.75) is 45.5 Å². The van der Waals surface area contributed by atoms with Gasteiger partial charge in [0.2, 0.25) is 5.91 Å². The maximum absolute atomic E-state index is 12.4. The van der Waals surface area contributed by atoms with Crippen molar-refractivity contribution >= 4 is 39.3 Å². The molecule has 0 aliphatic rings. The monoisotopic (exact) mass is 488 g/mol. The number of halogens is 1. The van der Waals surface area contributed by atoms with Gasteiger partial charge in [0.25, 0.3) is 0 Å². The highest BCUT2D eigenvalue weighted by molar-refractivity contribution is 9.10. The van der Waals surface area contributed by atoms with Crippen molar-refractivity contribution in [3.05, 3.63) is 63.9 Å². The van der Waals surface area contributed by atoms with E-state index in [1.54, 1.807) is 0 Å². The van der Waals surface area contributed by atoms with Crippen molar-refractivity contribution in [2.24, 2.45) is 0 Å². The van der Waals surface area contributed by atoms with Gasteiger partial charge >= 0.3 is 0 Å². The van der Waals surface area contributed by atoms with Gasteiger partial charge in [-0.2, -0.15) is 0 Å². The van der Waals surface area contributed by atoms with E-state index in [-0.39, 0.29) is 17.8 Å². The van der Waals surface area contributed by atoms with Crippen LogP contribution < -0.4 is 10.1 Å². The first-order valence-corrected chi connectivity index (χ1v) is 11.5. The lowest BCUT2D eigenvalue weighted by atomic mass is 10.1. The third-order valence-electron chi connectivity index (χ3n) is 4.55. The van der Waals surface area contributed by atoms with Gasteiger partial charge in [-0.25, -0.2) is 0 Å². The summed E-state index contributed by atoms with van der Waals surface area (Å²) in [6.45, 7) is 8.65. The number of nitrogens with zero attached hydrogens (tertiary/aromatic N) is 3. The van der Waals surface area contributed by atoms with Crippen molar-refractivity contribution in [1.29, 1.82) is 0 Å². The molecule has 30 heavy (non-hydrogen) atoms. The number of thioether (sulfide) groups is 1. The van der Waals surface area contributed by atoms with E-state index in [0.29, 0.717) is 11.7 Å². The molecule has 1 amide bonds. The van der Waals surface area contributed by atoms with E-state index < -0.39 is 0 Å². The van der Waals surface area contributed by atoms with Gasteiger partial charge < -0.3 is 14.6 Å². The fraction of sp³-hybridized carbons (Fsp3) is 0.318. The summed E-state index contributed by atoms with van der Waals surface area (Å²) in [7, 11) is 0. The Labute approximate surface area is 189 Å². The number of nitrogens with one attached hydrogen (secondary N) is 1. The average molecular weight is 489 g/mol. The summed E-state index contributed by atoms with van der Waals surface area (Å²) in [4.78, 5) is 12.4. The van der Waals surface area contributed by atoms with Gasteiger partial charge in [0.05, 0.1) is 5.75 Å². The first-order chi connectivity index (χ1) is 14.4. The molecule has 3 aromatic rings. The minimum atomic E-state index is -0.267. The van der Waals surface area contributed by atoms with Crippen LogP contribution in [0.2, 0.25) is 0 Å². The topological polar surface area (TPSA) is 69.0 Å². The summed E-state index contributed by atoms with van der Waals surface area (Å²) in [5, 5.41) is 12.3. The number of aryl methyl sites for hydroxylation is 2. The van der Waals surface area contributed by atoms with Crippen LogP contribution in [0.1, 0.15) is 36.9 Å². The Morgan fingerprint density at radius 3 is 2.63 bits per heavy atom. The minimum Gasteiger partial charge on any atom is -0.483 e. The van der Waals surface area contributed by atoms with Gasteiger partial charge in [0.15, 0.2) is 17.1 Å². The maximum atomic E-state index is 12.4. The standard InChI is InChI=1S/C22H25BrN4O2S/c1-5-27-21(16(4)29-18-10-8-17(23)9-11-18)25-26-22(27)30-13-20(28)24-19-12-14(2)6-7-15(19)3/h6-12,16H,5,13H2,1-4H3,(H,24,28). The third kappa shape index (κ3) is 5.64. The molecule has 8 heteroatoms. The number of benzene rings is 2. The third-order valence-corrected chi connectivity index (χ3v) is 6.05. The van der Waals surface area contributed by atoms with Crippen LogP contribution in [0.4, 0.5) is 5.69 Å². The molecule has 0 saturated heterocycles. The zero-order chi connectivity index (χ0) is 21.7. The van der Waals surface area contributed by atoms with Gasteiger partial charge in [-0.15, -0.1) is 10.2 Å². The number of carbonyl (C=O) groups is 1. The summed E-state index contributed by atoms with van der Waals surface area (Å²) in [5.41, 5.74) is 2.99. The average Bonchev–Trinajstić information content (AvgIpc) is 3.14. The summed E-state index contributed by atoms with van der Waals surface area (Å²) in [5.74, 6) is 1.68. The van der Waals surface area contributed by atoms with Gasteiger partial charge in [-0.3, -0.25) is 4.79 Å². The van der Waals surface area contributed by atoms with Crippen molar-refractivity contribution < 1.29 is 9.53 Å². The molecule has 158 valence electrons. The van der Waals surface area contributed by atoms with Crippen LogP contribution in [-0.2, 0) is 11.3 Å². The molecule has 1 atom stereocenters. The number of hydrogen-bond donors (Lipinski definition) is 1. The van der Waals surface area contributed by atoms with Crippen LogP contribution in [-0.4, -0.2) is 26.4 Å². The summed E-state index contributed by atoms with van der Waals surface area (Å²) in [6, 6.07) is 13.7. The van der Waals surface area contributed by atoms with Gasteiger partial charge in [-0.1, -0.05) is 39.8 Å². The van der Waals surface area contributed by atoms with E-state index in [4.69, 9.17) is 4.74 Å². The fourth-order valence-corrected chi connectivity index (χ4v) is 4.04. The molecule has 6 nitrogen and oxygen atoms in total. The lowest BCUT2D eigenvalue weighted by Crippen LogP contribution is -2.16. The van der Waals surface area contributed by atoms with Crippen molar-refractivity contribution in [3.63, 3.8) is 0 Å². The van der Waals surface area contributed by atoms with E-state index in [0.717, 1.165) is 32.9 Å². The number of amides is 1. The van der Waals surface area contributed by atoms with Gasteiger partial charge in [-0.05, 0) is 69.2 Å². The quantitative estimate of drug-likeness (QED) is 0.421. The maximum Gasteiger partial charge on any atom is 0.234 e. The Bertz CT molecular complexity index is 1020. The van der Waals surface area contributed by atoms with E-state index in [9.17, 15) is 4.79 Å². The van der Waals surface area contributed by atoms with Gasteiger partial charge in [0, 0.05) is 16.7 Å². The fourth-order valence-electron chi connectivity index (χ4n) is 2.96. The van der Waals surface area contributed by atoms with Crippen molar-refractivity contribution in [2.75, 3.05) is 11.1 Å². The zero-order valence-corrected chi connectivity index (χ0v) is 19.9.